The van der Waals surface area contributed by atoms with Crippen LogP contribution in [0.2, 0.25) is 0 Å². The van der Waals surface area contributed by atoms with Gasteiger partial charge in [0.2, 0.25) is 11.8 Å². The second-order valence-corrected chi connectivity index (χ2v) is 11.7. The lowest BCUT2D eigenvalue weighted by Crippen LogP contribution is -2.46. The Kier molecular flexibility index (Phi) is 20.3. The van der Waals surface area contributed by atoms with E-state index >= 15 is 0 Å². The molecule has 0 aliphatic rings. The van der Waals surface area contributed by atoms with Crippen molar-refractivity contribution in [3.63, 3.8) is 0 Å². The maximum atomic E-state index is 12.9. The van der Waals surface area contributed by atoms with E-state index in [1.165, 1.54) is 0 Å². The van der Waals surface area contributed by atoms with Crippen molar-refractivity contribution in [2.75, 3.05) is 19.6 Å². The summed E-state index contributed by atoms with van der Waals surface area (Å²) in [5, 5.41) is 59.2. The van der Waals surface area contributed by atoms with Crippen LogP contribution in [-0.2, 0) is 51.3 Å². The Morgan fingerprint density at radius 1 is 0.566 bits per heavy atom. The first kappa shape index (κ1) is 44.7. The normalized spacial score (nSPS) is 12.2. The van der Waals surface area contributed by atoms with Crippen molar-refractivity contribution in [3.05, 3.63) is 35.4 Å². The lowest BCUT2D eigenvalue weighted by molar-refractivity contribution is -0.144. The van der Waals surface area contributed by atoms with Crippen molar-refractivity contribution in [1.82, 2.24) is 31.9 Å². The van der Waals surface area contributed by atoms with Crippen LogP contribution < -0.4 is 31.9 Å². The summed E-state index contributed by atoms with van der Waals surface area (Å²) >= 11 is 0. The molecule has 21 nitrogen and oxygen atoms in total. The molecule has 0 aromatic heterocycles. The highest BCUT2D eigenvalue weighted by atomic mass is 16.4. The Labute approximate surface area is 302 Å². The van der Waals surface area contributed by atoms with Crippen LogP contribution in [0, 0.1) is 5.92 Å². The number of rotatable bonds is 26. The molecule has 292 valence electrons. The zero-order valence-corrected chi connectivity index (χ0v) is 28.6. The van der Waals surface area contributed by atoms with E-state index in [9.17, 15) is 58.2 Å². The molecule has 0 spiro atoms. The number of nitrogens with one attached hydrogen (secondary N) is 6. The number of carboxylic acid groups (broad SMARTS) is 5. The van der Waals surface area contributed by atoms with Gasteiger partial charge in [0.15, 0.2) is 5.78 Å². The second-order valence-electron chi connectivity index (χ2n) is 11.7. The molecule has 0 aliphatic heterocycles. The van der Waals surface area contributed by atoms with Crippen LogP contribution in [0.3, 0.4) is 0 Å². The van der Waals surface area contributed by atoms with E-state index < -0.39 is 103 Å². The van der Waals surface area contributed by atoms with Crippen molar-refractivity contribution in [2.24, 2.45) is 5.92 Å². The average molecular weight is 753 g/mol. The minimum absolute atomic E-state index is 0.0661. The maximum Gasteiger partial charge on any atom is 0.326 e. The summed E-state index contributed by atoms with van der Waals surface area (Å²) in [6.07, 6.45) is -1.86. The molecule has 1 rings (SSSR count). The summed E-state index contributed by atoms with van der Waals surface area (Å²) in [6, 6.07) is 2.30. The number of carbonyl (C=O) groups excluding carboxylic acids is 5. The smallest absolute Gasteiger partial charge is 0.326 e. The third-order valence-corrected chi connectivity index (χ3v) is 7.26. The lowest BCUT2D eigenvalue weighted by atomic mass is 9.93. The predicted octanol–water partition coefficient (Wildman–Crippen LogP) is -0.974. The molecule has 0 heterocycles. The Morgan fingerprint density at radius 3 is 1.75 bits per heavy atom. The molecular weight excluding hydrogens is 708 g/mol. The fraction of sp³-hybridized carbons (Fsp3) is 0.500. The summed E-state index contributed by atoms with van der Waals surface area (Å²) in [5.74, 6) is -10.8. The Morgan fingerprint density at radius 2 is 1.17 bits per heavy atom. The number of unbranched alkanes of at least 4 members (excludes halogenated alkanes) is 1. The van der Waals surface area contributed by atoms with Gasteiger partial charge in [-0.05, 0) is 36.8 Å². The average Bonchev–Trinajstić information content (AvgIpc) is 3.06. The minimum Gasteiger partial charge on any atom is -0.481 e. The number of Topliss-reactive ketones (excluding diaryl/α,β-unsaturated/α-hetero) is 1. The van der Waals surface area contributed by atoms with E-state index in [2.05, 4.69) is 26.6 Å². The highest BCUT2D eigenvalue weighted by Gasteiger charge is 2.31. The molecule has 11 N–H and O–H groups in total. The van der Waals surface area contributed by atoms with Crippen LogP contribution in [0.5, 0.6) is 0 Å². The topological polar surface area (TPSA) is 344 Å². The Bertz CT molecular complexity index is 1480. The van der Waals surface area contributed by atoms with E-state index in [1.807, 2.05) is 5.32 Å². The van der Waals surface area contributed by atoms with E-state index in [0.29, 0.717) is 24.0 Å². The highest BCUT2D eigenvalue weighted by molar-refractivity contribution is 5.96. The first-order valence-corrected chi connectivity index (χ1v) is 16.3. The predicted molar refractivity (Wildman–Crippen MR) is 179 cm³/mol. The van der Waals surface area contributed by atoms with Gasteiger partial charge < -0.3 is 57.4 Å². The molecule has 0 aliphatic carbocycles. The van der Waals surface area contributed by atoms with Gasteiger partial charge in [0, 0.05) is 32.5 Å². The number of carboxylic acids is 5. The third kappa shape index (κ3) is 20.9. The first-order valence-electron chi connectivity index (χ1n) is 16.3. The van der Waals surface area contributed by atoms with E-state index in [1.54, 1.807) is 24.3 Å². The maximum absolute atomic E-state index is 12.9. The number of carbonyl (C=O) groups is 10. The zero-order valence-electron chi connectivity index (χ0n) is 28.6. The molecule has 53 heavy (non-hydrogen) atoms. The zero-order chi connectivity index (χ0) is 39.9. The number of amides is 6. The monoisotopic (exact) mass is 752 g/mol. The lowest BCUT2D eigenvalue weighted by Gasteiger charge is -2.19. The molecule has 6 amide bonds. The molecule has 0 unspecified atom stereocenters. The number of benzene rings is 1. The number of urea groups is 2. The number of hydrogen-bond donors (Lipinski definition) is 11. The van der Waals surface area contributed by atoms with Gasteiger partial charge in [0.05, 0.1) is 31.2 Å². The standard InChI is InChI=1S/C32H44N6O15/c39-23(13-20(14-26(43)44)29(49)35-17-28(47)48)22(15-27(45)46)37-24(40)12-18-6-8-19(9-7-18)16-36-31(52)33-10-2-1-4-21(30(50)51)38-32(53)34-11-3-5-25(41)42/h6-9,20-22H,1-5,10-17H2,(H,35,49)(H,37,40)(H,41,42)(H,43,44)(H,45,46)(H,47,48)(H,50,51)(H2,33,36,52)(H2,34,38,53)/t20-,21-,22-/m0/s1. The van der Waals surface area contributed by atoms with Crippen molar-refractivity contribution in [3.8, 4) is 0 Å². The van der Waals surface area contributed by atoms with E-state index in [4.69, 9.17) is 15.3 Å². The molecule has 0 radical (unpaired) electrons. The van der Waals surface area contributed by atoms with Gasteiger partial charge in [-0.3, -0.25) is 33.6 Å². The molecule has 0 fully saturated rings. The summed E-state index contributed by atoms with van der Waals surface area (Å²) in [4.78, 5) is 117. The SMILES string of the molecule is O=C(O)CCCNC(=O)N[C@@H](CCCCNC(=O)NCc1ccc(CC(=O)N[C@@H](CC(=O)O)C(=O)C[C@@H](CC(=O)O)C(=O)NCC(=O)O)cc1)C(=O)O. The number of hydrogen-bond acceptors (Lipinski definition) is 10. The van der Waals surface area contributed by atoms with Gasteiger partial charge >= 0.3 is 41.9 Å². The van der Waals surface area contributed by atoms with Gasteiger partial charge in [0.25, 0.3) is 0 Å². The summed E-state index contributed by atoms with van der Waals surface area (Å²) < 4.78 is 0. The third-order valence-electron chi connectivity index (χ3n) is 7.26. The van der Waals surface area contributed by atoms with Crippen LogP contribution in [0.1, 0.15) is 62.5 Å². The molecule has 1 aromatic rings. The number of aliphatic carboxylic acids is 5. The fourth-order valence-corrected chi connectivity index (χ4v) is 4.61. The molecule has 0 saturated carbocycles. The summed E-state index contributed by atoms with van der Waals surface area (Å²) in [6.45, 7) is -0.463. The van der Waals surface area contributed by atoms with Crippen molar-refractivity contribution in [1.29, 1.82) is 0 Å². The summed E-state index contributed by atoms with van der Waals surface area (Å²) in [7, 11) is 0. The molecule has 0 bridgehead atoms. The highest BCUT2D eigenvalue weighted by Crippen LogP contribution is 2.14. The van der Waals surface area contributed by atoms with Crippen LogP contribution in [0.15, 0.2) is 24.3 Å². The van der Waals surface area contributed by atoms with Crippen molar-refractivity contribution in [2.45, 2.75) is 76.4 Å². The van der Waals surface area contributed by atoms with Gasteiger partial charge in [-0.15, -0.1) is 0 Å². The molecule has 3 atom stereocenters. The largest absolute Gasteiger partial charge is 0.481 e. The number of ketones is 1. The fourth-order valence-electron chi connectivity index (χ4n) is 4.61. The van der Waals surface area contributed by atoms with Crippen LogP contribution in [-0.4, -0.2) is 117 Å². The summed E-state index contributed by atoms with van der Waals surface area (Å²) in [5.41, 5.74) is 1.10. The Hall–Kier alpha value is -6.28. The molecule has 21 heteroatoms. The molecule has 0 saturated heterocycles. The van der Waals surface area contributed by atoms with Crippen molar-refractivity contribution < 1.29 is 73.5 Å². The quantitative estimate of drug-likeness (QED) is 0.0507. The van der Waals surface area contributed by atoms with Crippen LogP contribution >= 0.6 is 0 Å². The van der Waals surface area contributed by atoms with Gasteiger partial charge in [0.1, 0.15) is 12.6 Å². The Balaban J connectivity index is 2.54. The van der Waals surface area contributed by atoms with Crippen molar-refractivity contribution >= 4 is 59.5 Å². The molecular formula is C32H44N6O15. The second kappa shape index (κ2) is 24.0. The minimum atomic E-state index is -1.60. The van der Waals surface area contributed by atoms with Crippen LogP contribution in [0.4, 0.5) is 9.59 Å². The van der Waals surface area contributed by atoms with E-state index in [0.717, 1.165) is 0 Å². The van der Waals surface area contributed by atoms with Crippen LogP contribution in [0.25, 0.3) is 0 Å². The molecule has 1 aromatic carbocycles. The first-order chi connectivity index (χ1) is 25.0. The van der Waals surface area contributed by atoms with Gasteiger partial charge in [-0.2, -0.15) is 0 Å². The van der Waals surface area contributed by atoms with Gasteiger partial charge in [-0.25, -0.2) is 14.4 Å². The van der Waals surface area contributed by atoms with Gasteiger partial charge in [-0.1, -0.05) is 24.3 Å². The van der Waals surface area contributed by atoms with E-state index in [-0.39, 0.29) is 45.3 Å².